The van der Waals surface area contributed by atoms with E-state index in [0.717, 1.165) is 23.6 Å². The molecule has 0 unspecified atom stereocenters. The van der Waals surface area contributed by atoms with Gasteiger partial charge in [-0.1, -0.05) is 0 Å². The number of halogens is 1. The van der Waals surface area contributed by atoms with Gasteiger partial charge in [-0.2, -0.15) is 0 Å². The van der Waals surface area contributed by atoms with Crippen LogP contribution >= 0.6 is 11.3 Å². The van der Waals surface area contributed by atoms with Gasteiger partial charge in [-0.15, -0.1) is 11.3 Å². The van der Waals surface area contributed by atoms with Gasteiger partial charge in [0.15, 0.2) is 4.21 Å². The van der Waals surface area contributed by atoms with E-state index in [2.05, 4.69) is 9.71 Å². The topological polar surface area (TPSA) is 68.3 Å². The molecular weight excluding hydrogens is 279 g/mol. The molecule has 0 aliphatic rings. The van der Waals surface area contributed by atoms with Crippen LogP contribution in [-0.2, 0) is 10.0 Å². The molecule has 5 nitrogen and oxygen atoms in total. The van der Waals surface area contributed by atoms with Crippen LogP contribution < -0.4 is 9.46 Å². The Morgan fingerprint density at radius 1 is 1.44 bits per heavy atom. The lowest BCUT2D eigenvalue weighted by atomic mass is 10.4. The molecule has 0 amide bonds. The van der Waals surface area contributed by atoms with E-state index in [1.807, 2.05) is 0 Å². The number of nitrogens with one attached hydrogen (secondary N) is 1. The summed E-state index contributed by atoms with van der Waals surface area (Å²) in [5, 5.41) is 1.59. The van der Waals surface area contributed by atoms with Gasteiger partial charge in [0.25, 0.3) is 10.0 Å². The number of rotatable bonds is 4. The number of pyridine rings is 1. The number of anilines is 1. The van der Waals surface area contributed by atoms with Crippen LogP contribution in [0.1, 0.15) is 0 Å². The van der Waals surface area contributed by atoms with Gasteiger partial charge in [-0.3, -0.25) is 9.71 Å². The van der Waals surface area contributed by atoms with E-state index in [-0.39, 0.29) is 15.6 Å². The molecule has 2 heterocycles. The summed E-state index contributed by atoms with van der Waals surface area (Å²) in [6.45, 7) is 0. The summed E-state index contributed by atoms with van der Waals surface area (Å²) in [7, 11) is -2.41. The SMILES string of the molecule is COc1ccsc1S(=O)(=O)Nc1cncc(F)c1. The molecule has 0 fully saturated rings. The number of hydrogen-bond donors (Lipinski definition) is 1. The Hall–Kier alpha value is -1.67. The fourth-order valence-electron chi connectivity index (χ4n) is 1.30. The van der Waals surface area contributed by atoms with Gasteiger partial charge in [0.05, 0.1) is 25.2 Å². The molecule has 0 saturated heterocycles. The van der Waals surface area contributed by atoms with Crippen molar-refractivity contribution in [2.24, 2.45) is 0 Å². The Bertz CT molecular complexity index is 655. The lowest BCUT2D eigenvalue weighted by Crippen LogP contribution is -2.12. The van der Waals surface area contributed by atoms with Crippen molar-refractivity contribution in [2.75, 3.05) is 11.8 Å². The van der Waals surface area contributed by atoms with Crippen molar-refractivity contribution in [3.05, 3.63) is 35.7 Å². The fourth-order valence-corrected chi connectivity index (χ4v) is 3.61. The summed E-state index contributed by atoms with van der Waals surface area (Å²) in [6.07, 6.45) is 2.21. The van der Waals surface area contributed by atoms with Crippen LogP contribution in [-0.4, -0.2) is 20.5 Å². The van der Waals surface area contributed by atoms with Gasteiger partial charge in [-0.05, 0) is 11.4 Å². The van der Waals surface area contributed by atoms with Crippen molar-refractivity contribution in [1.82, 2.24) is 4.98 Å². The molecule has 0 radical (unpaired) electrons. The highest BCUT2D eigenvalue weighted by Gasteiger charge is 2.21. The molecule has 1 N–H and O–H groups in total. The number of ether oxygens (including phenoxy) is 1. The maximum absolute atomic E-state index is 12.9. The lowest BCUT2D eigenvalue weighted by molar-refractivity contribution is 0.406. The zero-order chi connectivity index (χ0) is 13.2. The van der Waals surface area contributed by atoms with Crippen molar-refractivity contribution in [3.63, 3.8) is 0 Å². The Morgan fingerprint density at radius 2 is 2.22 bits per heavy atom. The summed E-state index contributed by atoms with van der Waals surface area (Å²) in [6, 6.07) is 2.59. The van der Waals surface area contributed by atoms with Crippen molar-refractivity contribution < 1.29 is 17.5 Å². The van der Waals surface area contributed by atoms with E-state index in [1.54, 1.807) is 11.4 Å². The Morgan fingerprint density at radius 3 is 2.89 bits per heavy atom. The monoisotopic (exact) mass is 288 g/mol. The van der Waals surface area contributed by atoms with Gasteiger partial charge in [0.1, 0.15) is 11.6 Å². The molecule has 2 aromatic heterocycles. The van der Waals surface area contributed by atoms with E-state index < -0.39 is 15.8 Å². The molecular formula is C10H9FN2O3S2. The van der Waals surface area contributed by atoms with Crippen molar-refractivity contribution in [3.8, 4) is 5.75 Å². The smallest absolute Gasteiger partial charge is 0.275 e. The van der Waals surface area contributed by atoms with Crippen LogP contribution in [0.5, 0.6) is 5.75 Å². The van der Waals surface area contributed by atoms with Gasteiger partial charge in [0.2, 0.25) is 0 Å². The van der Waals surface area contributed by atoms with Crippen molar-refractivity contribution in [1.29, 1.82) is 0 Å². The molecule has 0 aromatic carbocycles. The number of aromatic nitrogens is 1. The highest BCUT2D eigenvalue weighted by molar-refractivity contribution is 7.94. The molecule has 0 saturated carbocycles. The maximum Gasteiger partial charge on any atom is 0.275 e. The summed E-state index contributed by atoms with van der Waals surface area (Å²) in [5.41, 5.74) is 0.0606. The second kappa shape index (κ2) is 4.91. The Balaban J connectivity index is 2.33. The number of hydrogen-bond acceptors (Lipinski definition) is 5. The molecule has 96 valence electrons. The lowest BCUT2D eigenvalue weighted by Gasteiger charge is -2.07. The zero-order valence-corrected chi connectivity index (χ0v) is 10.9. The normalized spacial score (nSPS) is 11.2. The third-order valence-corrected chi connectivity index (χ3v) is 4.84. The standard InChI is InChI=1S/C10H9FN2O3S2/c1-16-9-2-3-17-10(9)18(14,15)13-8-4-7(11)5-12-6-8/h2-6,13H,1H3. The first-order valence-electron chi connectivity index (χ1n) is 4.78. The minimum atomic E-state index is -3.79. The first-order valence-corrected chi connectivity index (χ1v) is 7.14. The molecule has 0 spiro atoms. The second-order valence-corrected chi connectivity index (χ2v) is 6.07. The van der Waals surface area contributed by atoms with Crippen molar-refractivity contribution >= 4 is 27.0 Å². The van der Waals surface area contributed by atoms with Crippen LogP contribution in [0.4, 0.5) is 10.1 Å². The first kappa shape index (κ1) is 12.8. The summed E-state index contributed by atoms with van der Waals surface area (Å²) in [4.78, 5) is 3.56. The van der Waals surface area contributed by atoms with E-state index in [1.165, 1.54) is 13.3 Å². The largest absolute Gasteiger partial charge is 0.494 e. The number of methoxy groups -OCH3 is 1. The predicted molar refractivity (Wildman–Crippen MR) is 65.9 cm³/mol. The molecule has 0 bridgehead atoms. The average Bonchev–Trinajstić information content (AvgIpc) is 2.77. The Kier molecular flexibility index (Phi) is 3.48. The fraction of sp³-hybridized carbons (Fsp3) is 0.100. The van der Waals surface area contributed by atoms with Gasteiger partial charge in [0, 0.05) is 6.07 Å². The third kappa shape index (κ3) is 2.59. The van der Waals surface area contributed by atoms with Gasteiger partial charge >= 0.3 is 0 Å². The molecule has 8 heteroatoms. The first-order chi connectivity index (χ1) is 8.53. The molecule has 18 heavy (non-hydrogen) atoms. The van der Waals surface area contributed by atoms with Gasteiger partial charge < -0.3 is 4.74 Å². The highest BCUT2D eigenvalue weighted by atomic mass is 32.2. The minimum Gasteiger partial charge on any atom is -0.494 e. The minimum absolute atomic E-state index is 0.0364. The molecule has 2 aromatic rings. The molecule has 0 atom stereocenters. The number of thiophene rings is 1. The summed E-state index contributed by atoms with van der Waals surface area (Å²) in [5.74, 6) is -0.370. The van der Waals surface area contributed by atoms with E-state index in [4.69, 9.17) is 4.74 Å². The predicted octanol–water partition coefficient (Wildman–Crippen LogP) is 2.09. The summed E-state index contributed by atoms with van der Waals surface area (Å²) < 4.78 is 44.2. The van der Waals surface area contributed by atoms with E-state index in [0.29, 0.717) is 0 Å². The van der Waals surface area contributed by atoms with Crippen LogP contribution in [0.3, 0.4) is 0 Å². The summed E-state index contributed by atoms with van der Waals surface area (Å²) >= 11 is 1.01. The zero-order valence-electron chi connectivity index (χ0n) is 9.25. The van der Waals surface area contributed by atoms with Gasteiger partial charge in [-0.25, -0.2) is 12.8 Å². The van der Waals surface area contributed by atoms with Crippen LogP contribution in [0, 0.1) is 5.82 Å². The molecule has 0 aliphatic heterocycles. The number of sulfonamides is 1. The van der Waals surface area contributed by atoms with E-state index >= 15 is 0 Å². The molecule has 2 rings (SSSR count). The molecule has 0 aliphatic carbocycles. The second-order valence-electron chi connectivity index (χ2n) is 3.27. The van der Waals surface area contributed by atoms with Crippen LogP contribution in [0.15, 0.2) is 34.1 Å². The van der Waals surface area contributed by atoms with Crippen molar-refractivity contribution in [2.45, 2.75) is 4.21 Å². The quantitative estimate of drug-likeness (QED) is 0.935. The highest BCUT2D eigenvalue weighted by Crippen LogP contribution is 2.30. The average molecular weight is 288 g/mol. The van der Waals surface area contributed by atoms with E-state index in [9.17, 15) is 12.8 Å². The van der Waals surface area contributed by atoms with Crippen LogP contribution in [0.2, 0.25) is 0 Å². The number of nitrogens with zero attached hydrogens (tertiary/aromatic N) is 1. The maximum atomic E-state index is 12.9. The third-order valence-electron chi connectivity index (χ3n) is 2.02. The Labute approximate surface area is 107 Å². The van der Waals surface area contributed by atoms with Crippen LogP contribution in [0.25, 0.3) is 0 Å².